The Hall–Kier alpha value is -1.30. The van der Waals surface area contributed by atoms with E-state index in [0.29, 0.717) is 12.5 Å². The van der Waals surface area contributed by atoms with Crippen molar-refractivity contribution < 1.29 is 19.4 Å². The monoisotopic (exact) mass is 242 g/mol. The van der Waals surface area contributed by atoms with Crippen LogP contribution in [0.25, 0.3) is 0 Å². The maximum absolute atomic E-state index is 11.5. The highest BCUT2D eigenvalue weighted by Crippen LogP contribution is 2.21. The van der Waals surface area contributed by atoms with E-state index < -0.39 is 18.1 Å². The minimum Gasteiger partial charge on any atom is -0.480 e. The summed E-state index contributed by atoms with van der Waals surface area (Å²) in [5.41, 5.74) is 0. The molecule has 2 rings (SSSR count). The van der Waals surface area contributed by atoms with E-state index >= 15 is 0 Å². The van der Waals surface area contributed by atoms with Crippen molar-refractivity contribution in [3.63, 3.8) is 0 Å². The molecule has 2 atom stereocenters. The van der Waals surface area contributed by atoms with Crippen LogP contribution in [0.5, 0.6) is 0 Å². The number of hydrogen-bond acceptors (Lipinski definition) is 4. The van der Waals surface area contributed by atoms with Crippen LogP contribution in [0.3, 0.4) is 0 Å². The van der Waals surface area contributed by atoms with Gasteiger partial charge in [-0.1, -0.05) is 6.92 Å². The first-order valence-corrected chi connectivity index (χ1v) is 6.00. The number of ether oxygens (including phenoxy) is 1. The normalized spacial score (nSPS) is 29.7. The molecule has 1 N–H and O–H groups in total. The summed E-state index contributed by atoms with van der Waals surface area (Å²) < 4.78 is 4.80. The van der Waals surface area contributed by atoms with Gasteiger partial charge in [0.2, 0.25) is 0 Å². The fraction of sp³-hybridized carbons (Fsp3) is 0.818. The Bertz CT molecular complexity index is 321. The molecule has 2 aliphatic heterocycles. The molecule has 0 saturated carbocycles. The molecular formula is C11H18N2O4. The number of carbonyl (C=O) groups excluding carboxylic acids is 1. The van der Waals surface area contributed by atoms with Crippen LogP contribution in [0.1, 0.15) is 13.3 Å². The number of likely N-dealkylation sites (tertiary alicyclic amines) is 1. The van der Waals surface area contributed by atoms with Crippen molar-refractivity contribution in [2.75, 3.05) is 32.8 Å². The molecule has 1 amide bonds. The van der Waals surface area contributed by atoms with Gasteiger partial charge in [-0.25, -0.2) is 9.59 Å². The molecular weight excluding hydrogens is 224 g/mol. The number of aliphatic carboxylic acids is 1. The first-order valence-electron chi connectivity index (χ1n) is 6.00. The Balaban J connectivity index is 1.93. The molecule has 6 heteroatoms. The zero-order chi connectivity index (χ0) is 12.4. The summed E-state index contributed by atoms with van der Waals surface area (Å²) in [5, 5.41) is 8.99. The van der Waals surface area contributed by atoms with Crippen molar-refractivity contribution in [2.24, 2.45) is 5.92 Å². The molecule has 2 unspecified atom stereocenters. The number of nitrogens with zero attached hydrogens (tertiary/aromatic N) is 2. The van der Waals surface area contributed by atoms with E-state index in [1.54, 1.807) is 0 Å². The molecule has 0 aromatic carbocycles. The Labute approximate surface area is 100 Å². The average Bonchev–Trinajstić information content (AvgIpc) is 2.87. The summed E-state index contributed by atoms with van der Waals surface area (Å²) in [6.07, 6.45) is 0.525. The molecule has 2 aliphatic rings. The van der Waals surface area contributed by atoms with Crippen molar-refractivity contribution in [2.45, 2.75) is 19.4 Å². The number of cyclic esters (lactones) is 1. The fourth-order valence-electron chi connectivity index (χ4n) is 2.48. The average molecular weight is 242 g/mol. The van der Waals surface area contributed by atoms with Crippen LogP contribution in [-0.4, -0.2) is 65.8 Å². The number of carboxylic acids is 1. The molecule has 2 saturated heterocycles. The van der Waals surface area contributed by atoms with Crippen LogP contribution in [-0.2, 0) is 9.53 Å². The van der Waals surface area contributed by atoms with Gasteiger partial charge in [0.05, 0.1) is 0 Å². The third-order valence-electron chi connectivity index (χ3n) is 3.53. The lowest BCUT2D eigenvalue weighted by molar-refractivity contribution is -0.141. The van der Waals surface area contributed by atoms with Gasteiger partial charge in [-0.3, -0.25) is 4.90 Å². The van der Waals surface area contributed by atoms with Crippen molar-refractivity contribution in [1.82, 2.24) is 9.80 Å². The van der Waals surface area contributed by atoms with Gasteiger partial charge in [0.25, 0.3) is 0 Å². The molecule has 0 aliphatic carbocycles. The van der Waals surface area contributed by atoms with E-state index in [1.165, 1.54) is 4.90 Å². The van der Waals surface area contributed by atoms with Gasteiger partial charge in [-0.15, -0.1) is 0 Å². The smallest absolute Gasteiger partial charge is 0.410 e. The summed E-state index contributed by atoms with van der Waals surface area (Å²) in [5.74, 6) is -0.622. The van der Waals surface area contributed by atoms with Crippen LogP contribution in [0.15, 0.2) is 0 Å². The van der Waals surface area contributed by atoms with Gasteiger partial charge in [-0.2, -0.15) is 0 Å². The highest BCUT2D eigenvalue weighted by Gasteiger charge is 2.39. The van der Waals surface area contributed by atoms with Crippen LogP contribution < -0.4 is 0 Å². The second-order valence-electron chi connectivity index (χ2n) is 4.63. The number of carbonyl (C=O) groups is 2. The van der Waals surface area contributed by atoms with E-state index in [-0.39, 0.29) is 6.61 Å². The molecule has 17 heavy (non-hydrogen) atoms. The molecule has 96 valence electrons. The molecule has 0 radical (unpaired) electrons. The number of rotatable bonds is 4. The van der Waals surface area contributed by atoms with Crippen LogP contribution >= 0.6 is 0 Å². The number of hydrogen-bond donors (Lipinski definition) is 1. The van der Waals surface area contributed by atoms with E-state index in [2.05, 4.69) is 11.8 Å². The van der Waals surface area contributed by atoms with Crippen LogP contribution in [0.4, 0.5) is 4.79 Å². The molecule has 0 aromatic heterocycles. The summed E-state index contributed by atoms with van der Waals surface area (Å²) in [7, 11) is 0. The second-order valence-corrected chi connectivity index (χ2v) is 4.63. The van der Waals surface area contributed by atoms with Crippen molar-refractivity contribution in [1.29, 1.82) is 0 Å². The molecule has 2 heterocycles. The summed E-state index contributed by atoms with van der Waals surface area (Å²) in [6, 6.07) is -0.807. The number of carboxylic acid groups (broad SMARTS) is 1. The topological polar surface area (TPSA) is 70.1 Å². The van der Waals surface area contributed by atoms with Crippen LogP contribution in [0, 0.1) is 5.92 Å². The Morgan fingerprint density at radius 3 is 2.94 bits per heavy atom. The lowest BCUT2D eigenvalue weighted by Gasteiger charge is -2.22. The molecule has 2 fully saturated rings. The van der Waals surface area contributed by atoms with E-state index in [9.17, 15) is 9.59 Å². The third kappa shape index (κ3) is 2.52. The molecule has 0 aromatic rings. The van der Waals surface area contributed by atoms with Gasteiger partial charge >= 0.3 is 12.1 Å². The lowest BCUT2D eigenvalue weighted by atomic mass is 10.1. The predicted molar refractivity (Wildman–Crippen MR) is 59.7 cm³/mol. The minimum absolute atomic E-state index is 0.0294. The van der Waals surface area contributed by atoms with E-state index in [4.69, 9.17) is 9.84 Å². The maximum Gasteiger partial charge on any atom is 0.410 e. The van der Waals surface area contributed by atoms with E-state index in [1.807, 2.05) is 0 Å². The SMILES string of the molecule is CCN1CCC(CN2C(=O)OCC2C(=O)O)C1. The Kier molecular flexibility index (Phi) is 3.51. The van der Waals surface area contributed by atoms with Gasteiger partial charge in [-0.05, 0) is 25.4 Å². The van der Waals surface area contributed by atoms with Gasteiger partial charge in [0.15, 0.2) is 6.04 Å². The molecule has 0 bridgehead atoms. The van der Waals surface area contributed by atoms with Crippen molar-refractivity contribution in [3.8, 4) is 0 Å². The quantitative estimate of drug-likeness (QED) is 0.764. The molecule has 0 spiro atoms. The first kappa shape index (κ1) is 12.2. The van der Waals surface area contributed by atoms with Crippen molar-refractivity contribution >= 4 is 12.1 Å². The van der Waals surface area contributed by atoms with Gasteiger partial charge in [0, 0.05) is 13.1 Å². The van der Waals surface area contributed by atoms with E-state index in [0.717, 1.165) is 26.1 Å². The highest BCUT2D eigenvalue weighted by molar-refractivity contribution is 5.82. The highest BCUT2D eigenvalue weighted by atomic mass is 16.6. The predicted octanol–water partition coefficient (Wildman–Crippen LogP) is 0.234. The standard InChI is InChI=1S/C11H18N2O4/c1-2-12-4-3-8(5-12)6-13-9(10(14)15)7-17-11(13)16/h8-9H,2-7H2,1H3,(H,14,15). The maximum atomic E-state index is 11.5. The van der Waals surface area contributed by atoms with Crippen LogP contribution in [0.2, 0.25) is 0 Å². The summed E-state index contributed by atoms with van der Waals surface area (Å²) in [4.78, 5) is 26.1. The number of amides is 1. The van der Waals surface area contributed by atoms with Crippen molar-refractivity contribution in [3.05, 3.63) is 0 Å². The zero-order valence-electron chi connectivity index (χ0n) is 9.96. The first-order chi connectivity index (χ1) is 8.11. The Morgan fingerprint density at radius 1 is 1.59 bits per heavy atom. The van der Waals surface area contributed by atoms with Gasteiger partial charge in [0.1, 0.15) is 6.61 Å². The fourth-order valence-corrected chi connectivity index (χ4v) is 2.48. The Morgan fingerprint density at radius 2 is 2.35 bits per heavy atom. The largest absolute Gasteiger partial charge is 0.480 e. The second kappa shape index (κ2) is 4.91. The van der Waals surface area contributed by atoms with Gasteiger partial charge < -0.3 is 14.7 Å². The zero-order valence-corrected chi connectivity index (χ0v) is 9.96. The third-order valence-corrected chi connectivity index (χ3v) is 3.53. The molecule has 6 nitrogen and oxygen atoms in total. The summed E-state index contributed by atoms with van der Waals surface area (Å²) >= 11 is 0. The lowest BCUT2D eigenvalue weighted by Crippen LogP contribution is -2.42. The minimum atomic E-state index is -0.985. The summed E-state index contributed by atoms with van der Waals surface area (Å²) in [6.45, 7) is 5.54.